The lowest BCUT2D eigenvalue weighted by Crippen LogP contribution is -2.32. The van der Waals surface area contributed by atoms with E-state index in [0.717, 1.165) is 30.5 Å². The van der Waals surface area contributed by atoms with Crippen LogP contribution in [0.3, 0.4) is 0 Å². The van der Waals surface area contributed by atoms with Crippen LogP contribution in [-0.2, 0) is 0 Å². The maximum atomic E-state index is 5.78. The van der Waals surface area contributed by atoms with Gasteiger partial charge in [-0.15, -0.1) is 0 Å². The number of nitrogen functional groups attached to an aromatic ring is 1. The van der Waals surface area contributed by atoms with Gasteiger partial charge in [-0.3, -0.25) is 0 Å². The van der Waals surface area contributed by atoms with Crippen LogP contribution in [0.1, 0.15) is 18.9 Å². The van der Waals surface area contributed by atoms with Crippen LogP contribution in [0.25, 0.3) is 11.0 Å². The summed E-state index contributed by atoms with van der Waals surface area (Å²) in [6.45, 7) is 2.04. The molecule has 84 valence electrons. The first-order chi connectivity index (χ1) is 7.86. The van der Waals surface area contributed by atoms with Crippen molar-refractivity contribution in [2.75, 3.05) is 18.8 Å². The van der Waals surface area contributed by atoms with Crippen molar-refractivity contribution in [3.63, 3.8) is 0 Å². The predicted octanol–water partition coefficient (Wildman–Crippen LogP) is 0.333. The molecule has 3 heterocycles. The Hall–Kier alpha value is -1.69. The van der Waals surface area contributed by atoms with Crippen molar-refractivity contribution in [3.8, 4) is 0 Å². The van der Waals surface area contributed by atoms with Gasteiger partial charge in [-0.05, 0) is 19.4 Å². The van der Waals surface area contributed by atoms with E-state index in [-0.39, 0.29) is 0 Å². The fourth-order valence-corrected chi connectivity index (χ4v) is 2.19. The third-order valence-corrected chi connectivity index (χ3v) is 3.04. The molecule has 2 aromatic rings. The highest BCUT2D eigenvalue weighted by molar-refractivity contribution is 5.84. The van der Waals surface area contributed by atoms with Crippen LogP contribution < -0.4 is 11.1 Å². The van der Waals surface area contributed by atoms with E-state index < -0.39 is 0 Å². The second-order valence-corrected chi connectivity index (χ2v) is 4.09. The molecule has 0 aliphatic carbocycles. The summed E-state index contributed by atoms with van der Waals surface area (Å²) < 4.78 is 1.96. The molecule has 0 aromatic carbocycles. The highest BCUT2D eigenvalue weighted by atomic mass is 15.3. The smallest absolute Gasteiger partial charge is 0.163 e. The number of piperidine rings is 1. The maximum Gasteiger partial charge on any atom is 0.163 e. The van der Waals surface area contributed by atoms with E-state index in [1.165, 1.54) is 12.7 Å². The molecule has 1 aliphatic heterocycles. The lowest BCUT2D eigenvalue weighted by atomic mass is 10.1. The van der Waals surface area contributed by atoms with E-state index in [1.54, 1.807) is 6.20 Å². The molecule has 0 radical (unpaired) electrons. The van der Waals surface area contributed by atoms with Gasteiger partial charge in [0, 0.05) is 6.54 Å². The third-order valence-electron chi connectivity index (χ3n) is 3.04. The Kier molecular flexibility index (Phi) is 2.21. The SMILES string of the molecule is Nc1ncnc2c1cnn2C1CCCNC1. The summed E-state index contributed by atoms with van der Waals surface area (Å²) in [5.41, 5.74) is 6.61. The Morgan fingerprint density at radius 1 is 1.44 bits per heavy atom. The standard InChI is InChI=1S/C10H14N6/c11-9-8-5-15-16(10(8)14-6-13-9)7-2-1-3-12-4-7/h5-7,12H,1-4H2,(H2,11,13,14). The van der Waals surface area contributed by atoms with Crippen LogP contribution in [-0.4, -0.2) is 32.8 Å². The molecule has 16 heavy (non-hydrogen) atoms. The molecule has 0 spiro atoms. The number of anilines is 1. The van der Waals surface area contributed by atoms with Crippen molar-refractivity contribution in [2.45, 2.75) is 18.9 Å². The number of rotatable bonds is 1. The quantitative estimate of drug-likeness (QED) is 0.721. The highest BCUT2D eigenvalue weighted by Gasteiger charge is 2.18. The normalized spacial score (nSPS) is 21.4. The molecular formula is C10H14N6. The number of fused-ring (bicyclic) bond motifs is 1. The van der Waals surface area contributed by atoms with Crippen LogP contribution in [0.2, 0.25) is 0 Å². The minimum absolute atomic E-state index is 0.376. The average molecular weight is 218 g/mol. The predicted molar refractivity (Wildman–Crippen MR) is 60.9 cm³/mol. The molecule has 3 N–H and O–H groups in total. The summed E-state index contributed by atoms with van der Waals surface area (Å²) in [6.07, 6.45) is 5.55. The topological polar surface area (TPSA) is 81.7 Å². The van der Waals surface area contributed by atoms with E-state index >= 15 is 0 Å². The Morgan fingerprint density at radius 2 is 2.38 bits per heavy atom. The molecule has 0 amide bonds. The molecule has 1 atom stereocenters. The summed E-state index contributed by atoms with van der Waals surface area (Å²) in [4.78, 5) is 8.22. The molecule has 1 unspecified atom stereocenters. The monoisotopic (exact) mass is 218 g/mol. The van der Waals surface area contributed by atoms with Crippen molar-refractivity contribution in [3.05, 3.63) is 12.5 Å². The second-order valence-electron chi connectivity index (χ2n) is 4.09. The van der Waals surface area contributed by atoms with Gasteiger partial charge >= 0.3 is 0 Å². The Bertz CT molecular complexity index is 499. The van der Waals surface area contributed by atoms with Crippen molar-refractivity contribution in [1.29, 1.82) is 0 Å². The van der Waals surface area contributed by atoms with Crippen molar-refractivity contribution >= 4 is 16.9 Å². The molecule has 6 heteroatoms. The number of nitrogens with two attached hydrogens (primary N) is 1. The molecule has 1 fully saturated rings. The molecule has 0 saturated carbocycles. The molecule has 0 bridgehead atoms. The molecule has 6 nitrogen and oxygen atoms in total. The van der Waals surface area contributed by atoms with Gasteiger partial charge in [0.15, 0.2) is 5.65 Å². The van der Waals surface area contributed by atoms with E-state index in [2.05, 4.69) is 20.4 Å². The van der Waals surface area contributed by atoms with E-state index in [0.29, 0.717) is 11.9 Å². The number of hydrogen-bond acceptors (Lipinski definition) is 5. The van der Waals surface area contributed by atoms with Crippen LogP contribution in [0.5, 0.6) is 0 Å². The van der Waals surface area contributed by atoms with Crippen LogP contribution in [0.15, 0.2) is 12.5 Å². The first kappa shape index (κ1) is 9.53. The zero-order valence-corrected chi connectivity index (χ0v) is 8.93. The van der Waals surface area contributed by atoms with Gasteiger partial charge in [-0.1, -0.05) is 0 Å². The highest BCUT2D eigenvalue weighted by Crippen LogP contribution is 2.22. The summed E-state index contributed by atoms with van der Waals surface area (Å²) in [5, 5.41) is 8.58. The molecule has 1 aliphatic rings. The first-order valence-electron chi connectivity index (χ1n) is 5.50. The summed E-state index contributed by atoms with van der Waals surface area (Å²) in [6, 6.07) is 0.376. The minimum atomic E-state index is 0.376. The van der Waals surface area contributed by atoms with Gasteiger partial charge in [0.1, 0.15) is 12.1 Å². The summed E-state index contributed by atoms with van der Waals surface area (Å²) >= 11 is 0. The first-order valence-corrected chi connectivity index (χ1v) is 5.50. The molecule has 1 saturated heterocycles. The number of hydrogen-bond donors (Lipinski definition) is 2. The second kappa shape index (κ2) is 3.71. The zero-order chi connectivity index (χ0) is 11.0. The Balaban J connectivity index is 2.06. The fraction of sp³-hybridized carbons (Fsp3) is 0.500. The molecule has 3 rings (SSSR count). The Labute approximate surface area is 92.9 Å². The fourth-order valence-electron chi connectivity index (χ4n) is 2.19. The van der Waals surface area contributed by atoms with Gasteiger partial charge in [0.25, 0.3) is 0 Å². The Morgan fingerprint density at radius 3 is 3.19 bits per heavy atom. The minimum Gasteiger partial charge on any atom is -0.383 e. The third kappa shape index (κ3) is 1.42. The lowest BCUT2D eigenvalue weighted by Gasteiger charge is -2.23. The van der Waals surface area contributed by atoms with Gasteiger partial charge in [-0.25, -0.2) is 14.6 Å². The van der Waals surface area contributed by atoms with Crippen LogP contribution in [0, 0.1) is 0 Å². The van der Waals surface area contributed by atoms with Crippen molar-refractivity contribution in [1.82, 2.24) is 25.1 Å². The number of aromatic nitrogens is 4. The number of nitrogens with zero attached hydrogens (tertiary/aromatic N) is 4. The van der Waals surface area contributed by atoms with E-state index in [4.69, 9.17) is 5.73 Å². The van der Waals surface area contributed by atoms with Crippen LogP contribution in [0.4, 0.5) is 5.82 Å². The van der Waals surface area contributed by atoms with E-state index in [9.17, 15) is 0 Å². The average Bonchev–Trinajstić information content (AvgIpc) is 2.75. The van der Waals surface area contributed by atoms with Gasteiger partial charge in [0.2, 0.25) is 0 Å². The van der Waals surface area contributed by atoms with Crippen molar-refractivity contribution < 1.29 is 0 Å². The zero-order valence-electron chi connectivity index (χ0n) is 8.93. The summed E-state index contributed by atoms with van der Waals surface area (Å²) in [5.74, 6) is 0.500. The van der Waals surface area contributed by atoms with Gasteiger partial charge < -0.3 is 11.1 Å². The van der Waals surface area contributed by atoms with Gasteiger partial charge in [0.05, 0.1) is 17.6 Å². The number of nitrogens with one attached hydrogen (secondary N) is 1. The maximum absolute atomic E-state index is 5.78. The summed E-state index contributed by atoms with van der Waals surface area (Å²) in [7, 11) is 0. The van der Waals surface area contributed by atoms with Crippen LogP contribution >= 0.6 is 0 Å². The van der Waals surface area contributed by atoms with Crippen molar-refractivity contribution in [2.24, 2.45) is 0 Å². The molecule has 2 aromatic heterocycles. The largest absolute Gasteiger partial charge is 0.383 e. The van der Waals surface area contributed by atoms with Gasteiger partial charge in [-0.2, -0.15) is 5.10 Å². The lowest BCUT2D eigenvalue weighted by molar-refractivity contribution is 0.353. The van der Waals surface area contributed by atoms with E-state index in [1.807, 2.05) is 4.68 Å². The molecular weight excluding hydrogens is 204 g/mol.